The molecule has 20 heavy (non-hydrogen) atoms. The van der Waals surface area contributed by atoms with Crippen LogP contribution in [0.3, 0.4) is 0 Å². The van der Waals surface area contributed by atoms with Gasteiger partial charge in [0.05, 0.1) is 5.60 Å². The van der Waals surface area contributed by atoms with E-state index in [4.69, 9.17) is 5.73 Å². The summed E-state index contributed by atoms with van der Waals surface area (Å²) >= 11 is 0. The lowest BCUT2D eigenvalue weighted by Gasteiger charge is -2.32. The predicted octanol–water partition coefficient (Wildman–Crippen LogP) is 2.92. The quantitative estimate of drug-likeness (QED) is 0.677. The van der Waals surface area contributed by atoms with Gasteiger partial charge in [0, 0.05) is 23.7 Å². The van der Waals surface area contributed by atoms with Crippen molar-refractivity contribution >= 4 is 10.9 Å². The molecule has 0 saturated carbocycles. The first-order chi connectivity index (χ1) is 9.59. The Balaban J connectivity index is 2.18. The number of rotatable bonds is 7. The number of hydrogen-bond acceptors (Lipinski definition) is 2. The summed E-state index contributed by atoms with van der Waals surface area (Å²) in [4.78, 5) is 3.34. The van der Waals surface area contributed by atoms with E-state index in [0.29, 0.717) is 19.3 Å². The molecular weight excluding hydrogens is 248 g/mol. The van der Waals surface area contributed by atoms with E-state index in [2.05, 4.69) is 30.3 Å². The van der Waals surface area contributed by atoms with Gasteiger partial charge in [-0.1, -0.05) is 30.4 Å². The van der Waals surface area contributed by atoms with Gasteiger partial charge in [-0.3, -0.25) is 0 Å². The summed E-state index contributed by atoms with van der Waals surface area (Å²) in [5.41, 5.74) is 7.35. The van der Waals surface area contributed by atoms with Gasteiger partial charge in [-0.2, -0.15) is 0 Å². The highest BCUT2D eigenvalue weighted by Gasteiger charge is 2.32. The number of fused-ring (bicyclic) bond motifs is 1. The largest absolute Gasteiger partial charge is 0.388 e. The second-order valence-corrected chi connectivity index (χ2v) is 5.28. The number of aliphatic hydroxyl groups is 1. The summed E-state index contributed by atoms with van der Waals surface area (Å²) in [7, 11) is 0. The number of aromatic nitrogens is 1. The van der Waals surface area contributed by atoms with Crippen molar-refractivity contribution in [3.63, 3.8) is 0 Å². The molecule has 0 aliphatic heterocycles. The van der Waals surface area contributed by atoms with Crippen LogP contribution in [-0.4, -0.2) is 21.7 Å². The normalized spacial score (nSPS) is 13.3. The Bertz CT molecular complexity index is 557. The molecule has 1 heterocycles. The van der Waals surface area contributed by atoms with E-state index in [1.807, 2.05) is 18.2 Å². The first kappa shape index (κ1) is 14.6. The molecule has 3 nitrogen and oxygen atoms in total. The minimum absolute atomic E-state index is 0.369. The summed E-state index contributed by atoms with van der Waals surface area (Å²) in [5.74, 6) is 0. The van der Waals surface area contributed by atoms with Crippen molar-refractivity contribution in [3.05, 3.63) is 61.3 Å². The number of para-hydroxylation sites is 1. The summed E-state index contributed by atoms with van der Waals surface area (Å²) in [6.07, 6.45) is 4.91. The molecule has 0 fully saturated rings. The van der Waals surface area contributed by atoms with E-state index in [9.17, 15) is 5.11 Å². The molecule has 2 rings (SSSR count). The minimum Gasteiger partial charge on any atom is -0.388 e. The van der Waals surface area contributed by atoms with Gasteiger partial charge in [-0.15, -0.1) is 13.2 Å². The van der Waals surface area contributed by atoms with Crippen molar-refractivity contribution in [2.24, 2.45) is 5.73 Å². The van der Waals surface area contributed by atoms with Crippen LogP contribution in [-0.2, 0) is 6.42 Å². The van der Waals surface area contributed by atoms with Crippen LogP contribution in [0.1, 0.15) is 18.5 Å². The Morgan fingerprint density at radius 2 is 1.90 bits per heavy atom. The summed E-state index contributed by atoms with van der Waals surface area (Å²) in [6, 6.07) is 9.80. The number of aromatic amines is 1. The van der Waals surface area contributed by atoms with Gasteiger partial charge in [0.15, 0.2) is 0 Å². The van der Waals surface area contributed by atoms with Gasteiger partial charge >= 0.3 is 0 Å². The molecule has 0 saturated heterocycles. The smallest absolute Gasteiger partial charge is 0.0869 e. The number of nitrogens with two attached hydrogens (primary N) is 1. The van der Waals surface area contributed by atoms with E-state index in [1.165, 1.54) is 0 Å². The Labute approximate surface area is 119 Å². The molecule has 0 bridgehead atoms. The van der Waals surface area contributed by atoms with Gasteiger partial charge < -0.3 is 15.8 Å². The predicted molar refractivity (Wildman–Crippen MR) is 84.6 cm³/mol. The third-order valence-electron chi connectivity index (χ3n) is 3.71. The van der Waals surface area contributed by atoms with E-state index in [0.717, 1.165) is 16.6 Å². The van der Waals surface area contributed by atoms with Gasteiger partial charge in [0.25, 0.3) is 0 Å². The van der Waals surface area contributed by atoms with E-state index >= 15 is 0 Å². The zero-order valence-electron chi connectivity index (χ0n) is 11.7. The molecule has 0 aliphatic carbocycles. The van der Waals surface area contributed by atoms with Gasteiger partial charge in [0.1, 0.15) is 0 Å². The molecule has 4 N–H and O–H groups in total. The van der Waals surface area contributed by atoms with E-state index < -0.39 is 5.60 Å². The molecule has 1 aromatic heterocycles. The number of hydrogen-bond donors (Lipinski definition) is 3. The lowest BCUT2D eigenvalue weighted by molar-refractivity contribution is 0.0195. The highest BCUT2D eigenvalue weighted by molar-refractivity contribution is 5.80. The first-order valence-corrected chi connectivity index (χ1v) is 6.85. The van der Waals surface area contributed by atoms with Crippen LogP contribution in [0.25, 0.3) is 10.9 Å². The van der Waals surface area contributed by atoms with Crippen LogP contribution < -0.4 is 5.73 Å². The van der Waals surface area contributed by atoms with Crippen LogP contribution >= 0.6 is 0 Å². The second-order valence-electron chi connectivity index (χ2n) is 5.28. The standard InChI is InChI=1S/C17H22N2O/c1-3-9-17(20,10-4-2)16(18)12-14-11-13-7-5-6-8-15(13)19-14/h3-8,11,16,19-20H,1-2,9-10,12,18H2. The lowest BCUT2D eigenvalue weighted by Crippen LogP contribution is -2.48. The molecule has 0 aliphatic rings. The van der Waals surface area contributed by atoms with Gasteiger partial charge in [0.2, 0.25) is 0 Å². The maximum Gasteiger partial charge on any atom is 0.0869 e. The van der Waals surface area contributed by atoms with Crippen LogP contribution in [0, 0.1) is 0 Å². The summed E-state index contributed by atoms with van der Waals surface area (Å²) in [5, 5.41) is 11.8. The Morgan fingerprint density at radius 1 is 1.25 bits per heavy atom. The minimum atomic E-state index is -0.985. The Morgan fingerprint density at radius 3 is 2.50 bits per heavy atom. The van der Waals surface area contributed by atoms with Crippen LogP contribution in [0.5, 0.6) is 0 Å². The average Bonchev–Trinajstić information content (AvgIpc) is 2.81. The molecule has 3 heteroatoms. The van der Waals surface area contributed by atoms with Crippen LogP contribution in [0.4, 0.5) is 0 Å². The van der Waals surface area contributed by atoms with Crippen molar-refractivity contribution in [1.82, 2.24) is 4.98 Å². The fourth-order valence-electron chi connectivity index (χ4n) is 2.56. The summed E-state index contributed by atoms with van der Waals surface area (Å²) in [6.45, 7) is 7.39. The molecular formula is C17H22N2O. The van der Waals surface area contributed by atoms with E-state index in [1.54, 1.807) is 12.2 Å². The molecule has 2 aromatic rings. The fraction of sp³-hybridized carbons (Fsp3) is 0.294. The second kappa shape index (κ2) is 6.07. The van der Waals surface area contributed by atoms with E-state index in [-0.39, 0.29) is 6.04 Å². The maximum atomic E-state index is 10.6. The molecule has 1 atom stereocenters. The van der Waals surface area contributed by atoms with Crippen molar-refractivity contribution in [2.75, 3.05) is 0 Å². The van der Waals surface area contributed by atoms with Crippen LogP contribution in [0.2, 0.25) is 0 Å². The van der Waals surface area contributed by atoms with Crippen molar-refractivity contribution in [3.8, 4) is 0 Å². The van der Waals surface area contributed by atoms with Crippen molar-refractivity contribution in [2.45, 2.75) is 30.9 Å². The molecule has 0 amide bonds. The topological polar surface area (TPSA) is 62.0 Å². The molecule has 106 valence electrons. The average molecular weight is 270 g/mol. The highest BCUT2D eigenvalue weighted by Crippen LogP contribution is 2.24. The van der Waals surface area contributed by atoms with Crippen LogP contribution in [0.15, 0.2) is 55.6 Å². The molecule has 0 spiro atoms. The zero-order valence-corrected chi connectivity index (χ0v) is 11.7. The SMILES string of the molecule is C=CCC(O)(CC=C)C(N)Cc1cc2ccccc2[nH]1. The molecule has 0 radical (unpaired) electrons. The third-order valence-corrected chi connectivity index (χ3v) is 3.71. The monoisotopic (exact) mass is 270 g/mol. The fourth-order valence-corrected chi connectivity index (χ4v) is 2.56. The highest BCUT2D eigenvalue weighted by atomic mass is 16.3. The van der Waals surface area contributed by atoms with Crippen molar-refractivity contribution in [1.29, 1.82) is 0 Å². The number of nitrogens with one attached hydrogen (secondary N) is 1. The Kier molecular flexibility index (Phi) is 4.42. The van der Waals surface area contributed by atoms with Crippen molar-refractivity contribution < 1.29 is 5.11 Å². The third kappa shape index (κ3) is 3.00. The van der Waals surface area contributed by atoms with Gasteiger partial charge in [-0.25, -0.2) is 0 Å². The van der Waals surface area contributed by atoms with Gasteiger partial charge in [-0.05, 0) is 30.4 Å². The Hall–Kier alpha value is -1.84. The first-order valence-electron chi connectivity index (χ1n) is 6.85. The lowest BCUT2D eigenvalue weighted by atomic mass is 9.85. The molecule has 1 unspecified atom stereocenters. The number of H-pyrrole nitrogens is 1. The zero-order chi connectivity index (χ0) is 14.6. The molecule has 1 aromatic carbocycles. The maximum absolute atomic E-state index is 10.6. The number of benzene rings is 1. The summed E-state index contributed by atoms with van der Waals surface area (Å²) < 4.78 is 0.